The van der Waals surface area contributed by atoms with Crippen LogP contribution in [0.2, 0.25) is 0 Å². The molecule has 112 valence electrons. The van der Waals surface area contributed by atoms with Crippen molar-refractivity contribution in [1.29, 1.82) is 0 Å². The molecule has 0 spiro atoms. The Kier molecular flexibility index (Phi) is 4.38. The first-order valence-corrected chi connectivity index (χ1v) is 7.87. The number of rotatable bonds is 5. The number of aryl methyl sites for hydroxylation is 1. The van der Waals surface area contributed by atoms with Crippen molar-refractivity contribution in [3.8, 4) is 0 Å². The van der Waals surface area contributed by atoms with Crippen molar-refractivity contribution in [3.63, 3.8) is 0 Å². The predicted octanol–water partition coefficient (Wildman–Crippen LogP) is 1.42. The van der Waals surface area contributed by atoms with Gasteiger partial charge in [0, 0.05) is 43.5 Å². The number of hydrogen-bond acceptors (Lipinski definition) is 4. The van der Waals surface area contributed by atoms with Crippen molar-refractivity contribution in [2.45, 2.75) is 51.4 Å². The fourth-order valence-electron chi connectivity index (χ4n) is 3.21. The lowest BCUT2D eigenvalue weighted by atomic mass is 10.1. The Morgan fingerprint density at radius 3 is 3.25 bits per heavy atom. The molecule has 5 nitrogen and oxygen atoms in total. The van der Waals surface area contributed by atoms with E-state index < -0.39 is 0 Å². The van der Waals surface area contributed by atoms with Crippen LogP contribution in [0.15, 0.2) is 12.4 Å². The molecule has 2 aliphatic rings. The average Bonchev–Trinajstić information content (AvgIpc) is 3.12. The average molecular weight is 278 g/mol. The lowest BCUT2D eigenvalue weighted by Crippen LogP contribution is -2.49. The molecular weight excluding hydrogens is 252 g/mol. The SMILES string of the molecule is CCn1cc(C(C)NCC2CN3CCCC3CO2)cn1. The minimum absolute atomic E-state index is 0.327. The van der Waals surface area contributed by atoms with E-state index in [0.717, 1.165) is 26.2 Å². The van der Waals surface area contributed by atoms with E-state index in [-0.39, 0.29) is 0 Å². The van der Waals surface area contributed by atoms with Gasteiger partial charge in [0.15, 0.2) is 0 Å². The zero-order valence-corrected chi connectivity index (χ0v) is 12.6. The molecule has 2 fully saturated rings. The lowest BCUT2D eigenvalue weighted by molar-refractivity contribution is -0.0477. The lowest BCUT2D eigenvalue weighted by Gasteiger charge is -2.35. The first kappa shape index (κ1) is 14.0. The molecule has 2 saturated heterocycles. The van der Waals surface area contributed by atoms with Gasteiger partial charge in [-0.1, -0.05) is 0 Å². The molecule has 3 heterocycles. The van der Waals surface area contributed by atoms with Gasteiger partial charge in [0.05, 0.1) is 18.9 Å². The normalized spacial score (nSPS) is 28.5. The van der Waals surface area contributed by atoms with Crippen molar-refractivity contribution in [2.24, 2.45) is 0 Å². The first-order valence-electron chi connectivity index (χ1n) is 7.87. The van der Waals surface area contributed by atoms with Gasteiger partial charge in [-0.05, 0) is 33.2 Å². The van der Waals surface area contributed by atoms with Gasteiger partial charge < -0.3 is 10.1 Å². The molecule has 1 aromatic rings. The molecule has 2 aliphatic heterocycles. The van der Waals surface area contributed by atoms with Crippen LogP contribution in [0.4, 0.5) is 0 Å². The molecular formula is C15H26N4O. The number of morpholine rings is 1. The summed E-state index contributed by atoms with van der Waals surface area (Å²) in [6.45, 7) is 9.39. The Balaban J connectivity index is 1.46. The van der Waals surface area contributed by atoms with E-state index in [1.54, 1.807) is 0 Å². The Bertz CT molecular complexity index is 433. The van der Waals surface area contributed by atoms with Crippen LogP contribution in [-0.4, -0.2) is 53.1 Å². The second kappa shape index (κ2) is 6.24. The van der Waals surface area contributed by atoms with Gasteiger partial charge in [-0.25, -0.2) is 0 Å². The number of aromatic nitrogens is 2. The summed E-state index contributed by atoms with van der Waals surface area (Å²) < 4.78 is 7.95. The second-order valence-electron chi connectivity index (χ2n) is 6.01. The number of fused-ring (bicyclic) bond motifs is 1. The van der Waals surface area contributed by atoms with Gasteiger partial charge in [-0.15, -0.1) is 0 Å². The summed E-state index contributed by atoms with van der Waals surface area (Å²) in [6.07, 6.45) is 7.05. The van der Waals surface area contributed by atoms with Gasteiger partial charge in [0.25, 0.3) is 0 Å². The summed E-state index contributed by atoms with van der Waals surface area (Å²) in [5.41, 5.74) is 1.25. The number of hydrogen-bond donors (Lipinski definition) is 1. The molecule has 5 heteroatoms. The molecule has 20 heavy (non-hydrogen) atoms. The fourth-order valence-corrected chi connectivity index (χ4v) is 3.21. The fraction of sp³-hybridized carbons (Fsp3) is 0.800. The van der Waals surface area contributed by atoms with E-state index in [9.17, 15) is 0 Å². The number of nitrogens with zero attached hydrogens (tertiary/aromatic N) is 3. The van der Waals surface area contributed by atoms with Crippen LogP contribution in [-0.2, 0) is 11.3 Å². The van der Waals surface area contributed by atoms with E-state index in [0.29, 0.717) is 18.2 Å². The Morgan fingerprint density at radius 1 is 1.55 bits per heavy atom. The minimum Gasteiger partial charge on any atom is -0.374 e. The van der Waals surface area contributed by atoms with Crippen LogP contribution in [0.3, 0.4) is 0 Å². The van der Waals surface area contributed by atoms with Gasteiger partial charge in [-0.2, -0.15) is 5.10 Å². The third-order valence-electron chi connectivity index (χ3n) is 4.59. The van der Waals surface area contributed by atoms with Gasteiger partial charge in [0.1, 0.15) is 0 Å². The van der Waals surface area contributed by atoms with Crippen LogP contribution >= 0.6 is 0 Å². The standard InChI is InChI=1S/C15H26N4O/c1-3-19-9-13(7-17-19)12(2)16-8-15-10-18-6-4-5-14(18)11-20-15/h7,9,12,14-16H,3-6,8,10-11H2,1-2H3. The largest absolute Gasteiger partial charge is 0.374 e. The van der Waals surface area contributed by atoms with Gasteiger partial charge >= 0.3 is 0 Å². The maximum atomic E-state index is 5.98. The van der Waals surface area contributed by atoms with Crippen molar-refractivity contribution < 1.29 is 4.74 Å². The molecule has 0 aliphatic carbocycles. The maximum Gasteiger partial charge on any atom is 0.0827 e. The smallest absolute Gasteiger partial charge is 0.0827 e. The zero-order chi connectivity index (χ0) is 13.9. The van der Waals surface area contributed by atoms with E-state index >= 15 is 0 Å². The van der Waals surface area contributed by atoms with Crippen LogP contribution in [0.5, 0.6) is 0 Å². The number of nitrogens with one attached hydrogen (secondary N) is 1. The molecule has 0 aromatic carbocycles. The molecule has 1 N–H and O–H groups in total. The first-order chi connectivity index (χ1) is 9.76. The highest BCUT2D eigenvalue weighted by Gasteiger charge is 2.32. The molecule has 0 saturated carbocycles. The van der Waals surface area contributed by atoms with Crippen molar-refractivity contribution in [2.75, 3.05) is 26.2 Å². The molecule has 0 amide bonds. The summed E-state index contributed by atoms with van der Waals surface area (Å²) >= 11 is 0. The highest BCUT2D eigenvalue weighted by Crippen LogP contribution is 2.22. The third-order valence-corrected chi connectivity index (χ3v) is 4.59. The van der Waals surface area contributed by atoms with Crippen molar-refractivity contribution in [3.05, 3.63) is 18.0 Å². The van der Waals surface area contributed by atoms with E-state index in [2.05, 4.69) is 35.4 Å². The Labute approximate surface area is 121 Å². The molecule has 0 bridgehead atoms. The van der Waals surface area contributed by atoms with E-state index in [4.69, 9.17) is 4.74 Å². The maximum absolute atomic E-state index is 5.98. The van der Waals surface area contributed by atoms with E-state index in [1.807, 2.05) is 10.9 Å². The third kappa shape index (κ3) is 3.05. The van der Waals surface area contributed by atoms with E-state index in [1.165, 1.54) is 24.9 Å². The second-order valence-corrected chi connectivity index (χ2v) is 6.01. The molecule has 1 aromatic heterocycles. The van der Waals surface area contributed by atoms with Gasteiger partial charge in [-0.3, -0.25) is 9.58 Å². The highest BCUT2D eigenvalue weighted by molar-refractivity contribution is 5.09. The summed E-state index contributed by atoms with van der Waals surface area (Å²) in [5.74, 6) is 0. The Hall–Kier alpha value is -0.910. The van der Waals surface area contributed by atoms with Crippen LogP contribution in [0.1, 0.15) is 38.3 Å². The minimum atomic E-state index is 0.327. The summed E-state index contributed by atoms with van der Waals surface area (Å²) in [5, 5.41) is 7.91. The number of ether oxygens (including phenoxy) is 1. The topological polar surface area (TPSA) is 42.3 Å². The monoisotopic (exact) mass is 278 g/mol. The molecule has 3 rings (SSSR count). The molecule has 3 unspecified atom stereocenters. The van der Waals surface area contributed by atoms with Crippen LogP contribution in [0, 0.1) is 0 Å². The highest BCUT2D eigenvalue weighted by atomic mass is 16.5. The summed E-state index contributed by atoms with van der Waals surface area (Å²) in [7, 11) is 0. The summed E-state index contributed by atoms with van der Waals surface area (Å²) in [6, 6.07) is 1.02. The van der Waals surface area contributed by atoms with Crippen LogP contribution in [0.25, 0.3) is 0 Å². The Morgan fingerprint density at radius 2 is 2.45 bits per heavy atom. The van der Waals surface area contributed by atoms with Crippen molar-refractivity contribution >= 4 is 0 Å². The van der Waals surface area contributed by atoms with Crippen LogP contribution < -0.4 is 5.32 Å². The quantitative estimate of drug-likeness (QED) is 0.884. The van der Waals surface area contributed by atoms with Gasteiger partial charge in [0.2, 0.25) is 0 Å². The molecule has 3 atom stereocenters. The summed E-state index contributed by atoms with van der Waals surface area (Å²) in [4.78, 5) is 2.59. The molecule has 0 radical (unpaired) electrons. The van der Waals surface area contributed by atoms with Crippen molar-refractivity contribution in [1.82, 2.24) is 20.0 Å². The predicted molar refractivity (Wildman–Crippen MR) is 78.7 cm³/mol. The zero-order valence-electron chi connectivity index (χ0n) is 12.6.